The van der Waals surface area contributed by atoms with Gasteiger partial charge in [0.15, 0.2) is 5.82 Å². The number of aromatic nitrogens is 5. The molecule has 0 amide bonds. The lowest BCUT2D eigenvalue weighted by Gasteiger charge is -2.05. The van der Waals surface area contributed by atoms with E-state index in [2.05, 4.69) is 32.7 Å². The predicted molar refractivity (Wildman–Crippen MR) is 145 cm³/mol. The van der Waals surface area contributed by atoms with E-state index in [-0.39, 0.29) is 12.2 Å². The van der Waals surface area contributed by atoms with Crippen molar-refractivity contribution >= 4 is 29.0 Å². The van der Waals surface area contributed by atoms with Crippen LogP contribution >= 0.6 is 0 Å². The number of nitrogens with zero attached hydrogens (tertiary/aromatic N) is 5. The van der Waals surface area contributed by atoms with Crippen LogP contribution in [0.1, 0.15) is 47.1 Å². The summed E-state index contributed by atoms with van der Waals surface area (Å²) in [4.78, 5) is 20.9. The van der Waals surface area contributed by atoms with E-state index in [1.165, 1.54) is 5.56 Å². The van der Waals surface area contributed by atoms with Gasteiger partial charge in [-0.05, 0) is 55.0 Å². The maximum Gasteiger partial charge on any atom is 0.352 e. The monoisotopic (exact) mass is 495 g/mol. The summed E-state index contributed by atoms with van der Waals surface area (Å²) in [6.45, 7) is 6.22. The molecule has 0 spiro atoms. The highest BCUT2D eigenvalue weighted by atomic mass is 16.5. The van der Waals surface area contributed by atoms with E-state index in [0.717, 1.165) is 22.2 Å². The van der Waals surface area contributed by atoms with Crippen LogP contribution in [0, 0.1) is 6.92 Å². The molecule has 0 aliphatic carbocycles. The van der Waals surface area contributed by atoms with Crippen LogP contribution in [0.15, 0.2) is 77.6 Å². The van der Waals surface area contributed by atoms with Gasteiger partial charge in [-0.2, -0.15) is 4.98 Å². The molecule has 5 aromatic rings. The zero-order chi connectivity index (χ0) is 26.4. The van der Waals surface area contributed by atoms with Crippen LogP contribution in [0.3, 0.4) is 0 Å². The third-order valence-corrected chi connectivity index (χ3v) is 5.82. The summed E-state index contributed by atoms with van der Waals surface area (Å²) in [5, 5.41) is 14.6. The van der Waals surface area contributed by atoms with Gasteiger partial charge in [-0.15, -0.1) is 0 Å². The molecular formula is C29H29N5O3. The van der Waals surface area contributed by atoms with Crippen LogP contribution < -0.4 is 0 Å². The Kier molecular flexibility index (Phi) is 7.78. The summed E-state index contributed by atoms with van der Waals surface area (Å²) in [6, 6.07) is 14.9. The number of benzene rings is 1. The molecule has 1 N–H and O–H groups in total. The van der Waals surface area contributed by atoms with Gasteiger partial charge in [0, 0.05) is 36.1 Å². The zero-order valence-electron chi connectivity index (χ0n) is 21.3. The molecule has 0 aliphatic heterocycles. The smallest absolute Gasteiger partial charge is 0.352 e. The lowest BCUT2D eigenvalue weighted by atomic mass is 10.2. The molecule has 8 nitrogen and oxygen atoms in total. The Morgan fingerprint density at radius 2 is 1.84 bits per heavy atom. The van der Waals surface area contributed by atoms with Crippen molar-refractivity contribution in [1.29, 1.82) is 0 Å². The van der Waals surface area contributed by atoms with Crippen molar-refractivity contribution in [3.63, 3.8) is 0 Å². The minimum absolute atomic E-state index is 0.128. The Hall–Kier alpha value is -4.72. The first-order valence-electron chi connectivity index (χ1n) is 12.1. The first-order chi connectivity index (χ1) is 18.0. The molecule has 5 rings (SSSR count). The standard InChI is InChI=1S/C27H23N5O3.C2H6/c1-18-13-15-31(2)22(18)11-7-6-10-21-20-16-24(27(33)34)32(23(20)12-14-28-21)17-25-29-26(35-30-25)19-8-4-3-5-9-19;1-2/h3-16H,17H2,1-2H3,(H,33,34);1-2H3/b10-6+,11-7-;. The maximum atomic E-state index is 12.0. The zero-order valence-corrected chi connectivity index (χ0v) is 21.3. The number of pyridine rings is 1. The normalized spacial score (nSPS) is 11.4. The van der Waals surface area contributed by atoms with Crippen LogP contribution in [0.25, 0.3) is 34.5 Å². The van der Waals surface area contributed by atoms with Crippen LogP contribution in [-0.4, -0.2) is 35.3 Å². The van der Waals surface area contributed by atoms with E-state index >= 15 is 0 Å². The fourth-order valence-corrected chi connectivity index (χ4v) is 4.05. The number of aryl methyl sites for hydroxylation is 2. The maximum absolute atomic E-state index is 12.0. The minimum Gasteiger partial charge on any atom is -0.477 e. The summed E-state index contributed by atoms with van der Waals surface area (Å²) in [5.74, 6) is -0.264. The molecule has 0 radical (unpaired) electrons. The van der Waals surface area contributed by atoms with Crippen molar-refractivity contribution in [2.24, 2.45) is 7.05 Å². The third kappa shape index (κ3) is 5.43. The van der Waals surface area contributed by atoms with Gasteiger partial charge in [0.25, 0.3) is 5.89 Å². The van der Waals surface area contributed by atoms with Crippen molar-refractivity contribution in [2.45, 2.75) is 27.3 Å². The molecule has 0 saturated heterocycles. The second kappa shape index (κ2) is 11.3. The Balaban J connectivity index is 0.00000156. The van der Waals surface area contributed by atoms with E-state index in [9.17, 15) is 9.90 Å². The molecule has 0 bridgehead atoms. The molecule has 37 heavy (non-hydrogen) atoms. The number of allylic oxidation sites excluding steroid dienone is 2. The van der Waals surface area contributed by atoms with Crippen LogP contribution in [0.4, 0.5) is 0 Å². The largest absolute Gasteiger partial charge is 0.477 e. The fraction of sp³-hybridized carbons (Fsp3) is 0.172. The molecule has 4 aromatic heterocycles. The Morgan fingerprint density at radius 1 is 1.08 bits per heavy atom. The van der Waals surface area contributed by atoms with Gasteiger partial charge in [-0.25, -0.2) is 4.79 Å². The third-order valence-electron chi connectivity index (χ3n) is 5.82. The van der Waals surface area contributed by atoms with Crippen molar-refractivity contribution in [2.75, 3.05) is 0 Å². The van der Waals surface area contributed by atoms with Gasteiger partial charge in [-0.1, -0.05) is 49.4 Å². The van der Waals surface area contributed by atoms with Gasteiger partial charge in [0.05, 0.1) is 17.8 Å². The molecule has 188 valence electrons. The quantitative estimate of drug-likeness (QED) is 0.269. The molecule has 0 unspecified atom stereocenters. The van der Waals surface area contributed by atoms with Gasteiger partial charge < -0.3 is 18.8 Å². The van der Waals surface area contributed by atoms with Crippen molar-refractivity contribution in [3.05, 3.63) is 102 Å². The number of hydrogen-bond donors (Lipinski definition) is 1. The minimum atomic E-state index is -1.04. The van der Waals surface area contributed by atoms with E-state index < -0.39 is 5.97 Å². The average Bonchev–Trinajstić information content (AvgIpc) is 3.62. The molecule has 8 heteroatoms. The summed E-state index contributed by atoms with van der Waals surface area (Å²) in [7, 11) is 2.00. The van der Waals surface area contributed by atoms with Gasteiger partial charge >= 0.3 is 5.97 Å². The molecule has 0 atom stereocenters. The Labute approximate surface area is 215 Å². The van der Waals surface area contributed by atoms with Crippen LogP contribution in [0.5, 0.6) is 0 Å². The number of carboxylic acid groups (broad SMARTS) is 1. The topological polar surface area (TPSA) is 99.0 Å². The summed E-state index contributed by atoms with van der Waals surface area (Å²) in [5.41, 5.74) is 4.65. The summed E-state index contributed by atoms with van der Waals surface area (Å²) < 4.78 is 9.11. The predicted octanol–water partition coefficient (Wildman–Crippen LogP) is 6.23. The van der Waals surface area contributed by atoms with Crippen molar-refractivity contribution in [3.8, 4) is 11.5 Å². The van der Waals surface area contributed by atoms with Crippen molar-refractivity contribution in [1.82, 2.24) is 24.3 Å². The molecular weight excluding hydrogens is 466 g/mol. The van der Waals surface area contributed by atoms with E-state index in [4.69, 9.17) is 4.52 Å². The van der Waals surface area contributed by atoms with E-state index in [1.54, 1.807) is 22.9 Å². The highest BCUT2D eigenvalue weighted by Crippen LogP contribution is 2.25. The number of fused-ring (bicyclic) bond motifs is 1. The number of carboxylic acids is 1. The van der Waals surface area contributed by atoms with Crippen molar-refractivity contribution < 1.29 is 14.4 Å². The first-order valence-corrected chi connectivity index (χ1v) is 12.1. The van der Waals surface area contributed by atoms with Gasteiger partial charge in [-0.3, -0.25) is 4.98 Å². The molecule has 1 aromatic carbocycles. The Bertz CT molecular complexity index is 1550. The van der Waals surface area contributed by atoms with Crippen LogP contribution in [-0.2, 0) is 13.6 Å². The number of aromatic carboxylic acids is 1. The fourth-order valence-electron chi connectivity index (χ4n) is 4.05. The summed E-state index contributed by atoms with van der Waals surface area (Å²) in [6.07, 6.45) is 11.4. The average molecular weight is 496 g/mol. The first kappa shape index (κ1) is 25.4. The number of carbonyl (C=O) groups is 1. The lowest BCUT2D eigenvalue weighted by Crippen LogP contribution is -2.10. The highest BCUT2D eigenvalue weighted by molar-refractivity contribution is 5.97. The second-order valence-electron chi connectivity index (χ2n) is 8.14. The number of hydrogen-bond acceptors (Lipinski definition) is 5. The van der Waals surface area contributed by atoms with E-state index in [0.29, 0.717) is 17.4 Å². The van der Waals surface area contributed by atoms with E-state index in [1.807, 2.05) is 81.7 Å². The Morgan fingerprint density at radius 3 is 2.54 bits per heavy atom. The SMILES string of the molecule is CC.Cc1ccn(C)c1/C=C\C=C\c1nccc2c1cc(C(=O)O)n2Cc1noc(-c2ccccc2)n1. The molecule has 0 saturated carbocycles. The highest BCUT2D eigenvalue weighted by Gasteiger charge is 2.19. The second-order valence-corrected chi connectivity index (χ2v) is 8.14. The summed E-state index contributed by atoms with van der Waals surface area (Å²) >= 11 is 0. The lowest BCUT2D eigenvalue weighted by molar-refractivity contribution is 0.0686. The number of rotatable bonds is 7. The van der Waals surface area contributed by atoms with Gasteiger partial charge in [0.1, 0.15) is 5.69 Å². The molecule has 0 fully saturated rings. The van der Waals surface area contributed by atoms with Gasteiger partial charge in [0.2, 0.25) is 0 Å². The molecule has 4 heterocycles. The van der Waals surface area contributed by atoms with Crippen LogP contribution in [0.2, 0.25) is 0 Å². The molecule has 0 aliphatic rings.